The van der Waals surface area contributed by atoms with Gasteiger partial charge in [0.2, 0.25) is 0 Å². The number of nitrogens with zero attached hydrogens (tertiary/aromatic N) is 2. The van der Waals surface area contributed by atoms with Crippen LogP contribution in [0.3, 0.4) is 0 Å². The average Bonchev–Trinajstić information content (AvgIpc) is 2.57. The van der Waals surface area contributed by atoms with Crippen LogP contribution >= 0.6 is 0 Å². The van der Waals surface area contributed by atoms with Crippen molar-refractivity contribution in [2.45, 2.75) is 0 Å². The van der Waals surface area contributed by atoms with Crippen molar-refractivity contribution in [3.05, 3.63) is 72.1 Å². The van der Waals surface area contributed by atoms with E-state index >= 15 is 0 Å². The summed E-state index contributed by atoms with van der Waals surface area (Å²) in [5, 5.41) is 0. The van der Waals surface area contributed by atoms with Gasteiger partial charge < -0.3 is 4.90 Å². The number of hydrogen-bond acceptors (Lipinski definition) is 2. The molecule has 3 heteroatoms. The highest BCUT2D eigenvalue weighted by Gasteiger charge is 2.18. The molecule has 0 bridgehead atoms. The molecule has 114 valence electrons. The quantitative estimate of drug-likeness (QED) is 0.849. The molecule has 0 spiro atoms. The Labute approximate surface area is 131 Å². The molecule has 1 aliphatic heterocycles. The number of piperazine rings is 1. The molecule has 1 heterocycles. The number of rotatable bonds is 4. The van der Waals surface area contributed by atoms with Crippen LogP contribution in [0.4, 0.5) is 10.1 Å². The molecule has 0 radical (unpaired) electrons. The first-order chi connectivity index (χ1) is 10.8. The zero-order valence-corrected chi connectivity index (χ0v) is 12.7. The largest absolute Gasteiger partial charge is 0.367 e. The molecule has 0 unspecified atom stereocenters. The van der Waals surface area contributed by atoms with E-state index in [1.807, 2.05) is 30.3 Å². The molecular formula is C19H21FN2. The van der Waals surface area contributed by atoms with Gasteiger partial charge in [0.05, 0.1) is 5.69 Å². The second-order valence-electron chi connectivity index (χ2n) is 5.55. The minimum atomic E-state index is -0.125. The van der Waals surface area contributed by atoms with Crippen LogP contribution in [0.25, 0.3) is 6.08 Å². The molecule has 1 saturated heterocycles. The molecule has 0 aromatic heterocycles. The second kappa shape index (κ2) is 7.23. The van der Waals surface area contributed by atoms with Crippen molar-refractivity contribution in [2.24, 2.45) is 0 Å². The Balaban J connectivity index is 1.50. The Hall–Kier alpha value is -2.13. The first-order valence-corrected chi connectivity index (χ1v) is 7.76. The molecule has 0 N–H and O–H groups in total. The lowest BCUT2D eigenvalue weighted by atomic mass is 10.2. The maximum absolute atomic E-state index is 13.8. The maximum Gasteiger partial charge on any atom is 0.146 e. The summed E-state index contributed by atoms with van der Waals surface area (Å²) >= 11 is 0. The Morgan fingerprint density at radius 2 is 1.55 bits per heavy atom. The number of anilines is 1. The number of halogens is 1. The van der Waals surface area contributed by atoms with Gasteiger partial charge in [0, 0.05) is 32.7 Å². The van der Waals surface area contributed by atoms with Crippen LogP contribution in [-0.2, 0) is 0 Å². The highest BCUT2D eigenvalue weighted by atomic mass is 19.1. The summed E-state index contributed by atoms with van der Waals surface area (Å²) in [4.78, 5) is 4.53. The molecule has 0 saturated carbocycles. The van der Waals surface area contributed by atoms with Gasteiger partial charge in [0.1, 0.15) is 5.82 Å². The van der Waals surface area contributed by atoms with Gasteiger partial charge in [0.15, 0.2) is 0 Å². The molecule has 2 aromatic carbocycles. The topological polar surface area (TPSA) is 6.48 Å². The van der Waals surface area contributed by atoms with Crippen molar-refractivity contribution < 1.29 is 4.39 Å². The van der Waals surface area contributed by atoms with E-state index in [1.54, 1.807) is 6.07 Å². The Kier molecular flexibility index (Phi) is 4.86. The first-order valence-electron chi connectivity index (χ1n) is 7.76. The predicted octanol–water partition coefficient (Wildman–Crippen LogP) is 3.66. The third-order valence-electron chi connectivity index (χ3n) is 4.04. The minimum Gasteiger partial charge on any atom is -0.367 e. The molecule has 1 aliphatic rings. The van der Waals surface area contributed by atoms with E-state index in [1.165, 1.54) is 11.6 Å². The van der Waals surface area contributed by atoms with Crippen molar-refractivity contribution in [3.8, 4) is 0 Å². The summed E-state index contributed by atoms with van der Waals surface area (Å²) in [5.41, 5.74) is 1.95. The van der Waals surface area contributed by atoms with E-state index in [0.29, 0.717) is 0 Å². The van der Waals surface area contributed by atoms with Crippen LogP contribution in [0.5, 0.6) is 0 Å². The Morgan fingerprint density at radius 1 is 0.864 bits per heavy atom. The Morgan fingerprint density at radius 3 is 2.27 bits per heavy atom. The Bertz CT molecular complexity index is 616. The van der Waals surface area contributed by atoms with Gasteiger partial charge in [-0.25, -0.2) is 4.39 Å². The fourth-order valence-corrected chi connectivity index (χ4v) is 2.78. The molecule has 0 atom stereocenters. The van der Waals surface area contributed by atoms with Crippen LogP contribution < -0.4 is 4.90 Å². The van der Waals surface area contributed by atoms with E-state index < -0.39 is 0 Å². The average molecular weight is 296 g/mol. The SMILES string of the molecule is Fc1ccccc1N1CCN(C/C=C/c2ccccc2)CC1. The summed E-state index contributed by atoms with van der Waals surface area (Å²) in [6.45, 7) is 4.63. The third kappa shape index (κ3) is 3.74. The zero-order chi connectivity index (χ0) is 15.2. The fourth-order valence-electron chi connectivity index (χ4n) is 2.78. The predicted molar refractivity (Wildman–Crippen MR) is 90.5 cm³/mol. The molecule has 0 aliphatic carbocycles. The van der Waals surface area contributed by atoms with Crippen LogP contribution in [-0.4, -0.2) is 37.6 Å². The van der Waals surface area contributed by atoms with E-state index in [4.69, 9.17) is 0 Å². The summed E-state index contributed by atoms with van der Waals surface area (Å²) in [5.74, 6) is -0.125. The fraction of sp³-hybridized carbons (Fsp3) is 0.263. The maximum atomic E-state index is 13.8. The van der Waals surface area contributed by atoms with Crippen LogP contribution in [0, 0.1) is 5.82 Å². The lowest BCUT2D eigenvalue weighted by molar-refractivity contribution is 0.283. The van der Waals surface area contributed by atoms with Gasteiger partial charge in [-0.1, -0.05) is 54.6 Å². The van der Waals surface area contributed by atoms with Gasteiger partial charge >= 0.3 is 0 Å². The van der Waals surface area contributed by atoms with Crippen LogP contribution in [0.1, 0.15) is 5.56 Å². The molecule has 22 heavy (non-hydrogen) atoms. The smallest absolute Gasteiger partial charge is 0.146 e. The van der Waals surface area contributed by atoms with E-state index in [2.05, 4.69) is 34.1 Å². The number of hydrogen-bond donors (Lipinski definition) is 0. The summed E-state index contributed by atoms with van der Waals surface area (Å²) < 4.78 is 13.8. The standard InChI is InChI=1S/C19H21FN2/c20-18-10-4-5-11-19(18)22-15-13-21(14-16-22)12-6-9-17-7-2-1-3-8-17/h1-11H,12-16H2/b9-6+. The summed E-state index contributed by atoms with van der Waals surface area (Å²) in [7, 11) is 0. The number of para-hydroxylation sites is 1. The lowest BCUT2D eigenvalue weighted by Gasteiger charge is -2.35. The zero-order valence-electron chi connectivity index (χ0n) is 12.7. The highest BCUT2D eigenvalue weighted by molar-refractivity contribution is 5.49. The van der Waals surface area contributed by atoms with Gasteiger partial charge in [-0.15, -0.1) is 0 Å². The normalized spacial score (nSPS) is 16.3. The third-order valence-corrected chi connectivity index (χ3v) is 4.04. The van der Waals surface area contributed by atoms with Gasteiger partial charge in [-0.05, 0) is 17.7 Å². The molecule has 0 amide bonds. The van der Waals surface area contributed by atoms with E-state index in [9.17, 15) is 4.39 Å². The molecule has 2 nitrogen and oxygen atoms in total. The lowest BCUT2D eigenvalue weighted by Crippen LogP contribution is -2.46. The van der Waals surface area contributed by atoms with E-state index in [-0.39, 0.29) is 5.82 Å². The summed E-state index contributed by atoms with van der Waals surface area (Å²) in [6.07, 6.45) is 4.36. The van der Waals surface area contributed by atoms with Crippen molar-refractivity contribution in [1.82, 2.24) is 4.90 Å². The van der Waals surface area contributed by atoms with Gasteiger partial charge in [0.25, 0.3) is 0 Å². The molecular weight excluding hydrogens is 275 g/mol. The summed E-state index contributed by atoms with van der Waals surface area (Å²) in [6, 6.07) is 17.4. The highest BCUT2D eigenvalue weighted by Crippen LogP contribution is 2.20. The molecule has 1 fully saturated rings. The van der Waals surface area contributed by atoms with Gasteiger partial charge in [-0.3, -0.25) is 4.90 Å². The molecule has 2 aromatic rings. The van der Waals surface area contributed by atoms with Crippen molar-refractivity contribution in [3.63, 3.8) is 0 Å². The van der Waals surface area contributed by atoms with Crippen molar-refractivity contribution in [2.75, 3.05) is 37.6 Å². The first kappa shape index (κ1) is 14.8. The minimum absolute atomic E-state index is 0.125. The van der Waals surface area contributed by atoms with Crippen LogP contribution in [0.15, 0.2) is 60.7 Å². The van der Waals surface area contributed by atoms with Crippen molar-refractivity contribution >= 4 is 11.8 Å². The monoisotopic (exact) mass is 296 g/mol. The van der Waals surface area contributed by atoms with Crippen LogP contribution in [0.2, 0.25) is 0 Å². The second-order valence-corrected chi connectivity index (χ2v) is 5.55. The van der Waals surface area contributed by atoms with E-state index in [0.717, 1.165) is 38.4 Å². The molecule has 3 rings (SSSR count). The van der Waals surface area contributed by atoms with Crippen molar-refractivity contribution in [1.29, 1.82) is 0 Å². The van der Waals surface area contributed by atoms with Gasteiger partial charge in [-0.2, -0.15) is 0 Å². The number of benzene rings is 2.